The van der Waals surface area contributed by atoms with E-state index < -0.39 is 11.6 Å². The van der Waals surface area contributed by atoms with Crippen LogP contribution in [0.25, 0.3) is 0 Å². The lowest BCUT2D eigenvalue weighted by Gasteiger charge is -2.14. The van der Waals surface area contributed by atoms with Crippen LogP contribution in [0.4, 0.5) is 8.78 Å². The van der Waals surface area contributed by atoms with E-state index in [-0.39, 0.29) is 6.04 Å². The molecule has 1 atom stereocenters. The van der Waals surface area contributed by atoms with Gasteiger partial charge in [0.05, 0.1) is 0 Å². The second-order valence-electron chi connectivity index (χ2n) is 4.08. The normalized spacial score (nSPS) is 12.7. The fourth-order valence-corrected chi connectivity index (χ4v) is 1.63. The third-order valence-electron chi connectivity index (χ3n) is 2.61. The molecule has 0 saturated carbocycles. The van der Waals surface area contributed by atoms with E-state index in [0.29, 0.717) is 5.56 Å². The number of hydrogen-bond donors (Lipinski definition) is 1. The van der Waals surface area contributed by atoms with Gasteiger partial charge in [-0.25, -0.2) is 8.78 Å². The molecule has 1 unspecified atom stereocenters. The minimum Gasteiger partial charge on any atom is -0.385 e. The second kappa shape index (κ2) is 7.35. The summed E-state index contributed by atoms with van der Waals surface area (Å²) in [7, 11) is 1.67. The Morgan fingerprint density at radius 1 is 1.18 bits per heavy atom. The smallest absolute Gasteiger partial charge is 0.126 e. The summed E-state index contributed by atoms with van der Waals surface area (Å²) in [5, 5.41) is 3.22. The molecule has 0 fully saturated rings. The third-order valence-corrected chi connectivity index (χ3v) is 2.61. The highest BCUT2D eigenvalue weighted by molar-refractivity contribution is 5.20. The van der Waals surface area contributed by atoms with Crippen LogP contribution in [-0.4, -0.2) is 20.3 Å². The van der Waals surface area contributed by atoms with Crippen molar-refractivity contribution in [3.8, 4) is 0 Å². The average Bonchev–Trinajstić information content (AvgIpc) is 2.27. The van der Waals surface area contributed by atoms with E-state index in [1.807, 2.05) is 6.92 Å². The highest BCUT2D eigenvalue weighted by Crippen LogP contribution is 2.15. The molecule has 0 amide bonds. The van der Waals surface area contributed by atoms with Gasteiger partial charge in [-0.2, -0.15) is 0 Å². The fourth-order valence-electron chi connectivity index (χ4n) is 1.63. The SMILES string of the molecule is COCCCCNC(C)c1cc(F)cc(F)c1. The molecule has 96 valence electrons. The summed E-state index contributed by atoms with van der Waals surface area (Å²) in [5.74, 6) is -1.07. The predicted octanol–water partition coefficient (Wildman–Crippen LogP) is 3.04. The van der Waals surface area contributed by atoms with Gasteiger partial charge in [-0.05, 0) is 44.0 Å². The Morgan fingerprint density at radius 3 is 2.41 bits per heavy atom. The quantitative estimate of drug-likeness (QED) is 0.743. The molecule has 0 aromatic heterocycles. The number of nitrogens with one attached hydrogen (secondary N) is 1. The molecule has 0 heterocycles. The maximum atomic E-state index is 13.0. The van der Waals surface area contributed by atoms with Crippen LogP contribution in [0.3, 0.4) is 0 Å². The van der Waals surface area contributed by atoms with E-state index in [4.69, 9.17) is 4.74 Å². The van der Waals surface area contributed by atoms with Crippen LogP contribution in [0, 0.1) is 11.6 Å². The predicted molar refractivity (Wildman–Crippen MR) is 63.9 cm³/mol. The van der Waals surface area contributed by atoms with E-state index in [1.165, 1.54) is 12.1 Å². The van der Waals surface area contributed by atoms with Crippen molar-refractivity contribution in [2.24, 2.45) is 0 Å². The molecule has 4 heteroatoms. The molecule has 0 radical (unpaired) electrons. The van der Waals surface area contributed by atoms with Crippen LogP contribution < -0.4 is 5.32 Å². The van der Waals surface area contributed by atoms with Gasteiger partial charge in [-0.1, -0.05) is 0 Å². The summed E-state index contributed by atoms with van der Waals surface area (Å²) >= 11 is 0. The van der Waals surface area contributed by atoms with E-state index in [9.17, 15) is 8.78 Å². The molecule has 0 spiro atoms. The molecule has 0 aliphatic heterocycles. The zero-order valence-corrected chi connectivity index (χ0v) is 10.3. The summed E-state index contributed by atoms with van der Waals surface area (Å²) < 4.78 is 30.9. The van der Waals surface area contributed by atoms with E-state index in [1.54, 1.807) is 7.11 Å². The van der Waals surface area contributed by atoms with Crippen LogP contribution in [0.15, 0.2) is 18.2 Å². The summed E-state index contributed by atoms with van der Waals surface area (Å²) in [5.41, 5.74) is 0.634. The van der Waals surface area contributed by atoms with Gasteiger partial charge >= 0.3 is 0 Å². The standard InChI is InChI=1S/C13H19F2NO/c1-10(16-5-3-4-6-17-2)11-7-12(14)9-13(15)8-11/h7-10,16H,3-6H2,1-2H3. The van der Waals surface area contributed by atoms with Crippen molar-refractivity contribution in [1.29, 1.82) is 0 Å². The number of unbranched alkanes of at least 4 members (excludes halogenated alkanes) is 1. The monoisotopic (exact) mass is 243 g/mol. The fraction of sp³-hybridized carbons (Fsp3) is 0.538. The van der Waals surface area contributed by atoms with Crippen molar-refractivity contribution in [2.75, 3.05) is 20.3 Å². The second-order valence-corrected chi connectivity index (χ2v) is 4.08. The first-order valence-electron chi connectivity index (χ1n) is 5.82. The number of benzene rings is 1. The number of methoxy groups -OCH3 is 1. The van der Waals surface area contributed by atoms with Gasteiger partial charge in [0.2, 0.25) is 0 Å². The Balaban J connectivity index is 2.38. The molecule has 1 aromatic carbocycles. The Bertz CT molecular complexity index is 324. The molecule has 0 aliphatic carbocycles. The summed E-state index contributed by atoms with van der Waals surface area (Å²) in [6, 6.07) is 3.54. The topological polar surface area (TPSA) is 21.3 Å². The number of hydrogen-bond acceptors (Lipinski definition) is 2. The molecule has 1 aromatic rings. The van der Waals surface area contributed by atoms with E-state index in [0.717, 1.165) is 32.1 Å². The van der Waals surface area contributed by atoms with Crippen molar-refractivity contribution < 1.29 is 13.5 Å². The number of halogens is 2. The van der Waals surface area contributed by atoms with Crippen LogP contribution >= 0.6 is 0 Å². The number of rotatable bonds is 7. The van der Waals surface area contributed by atoms with Crippen LogP contribution in [0.5, 0.6) is 0 Å². The molecule has 2 nitrogen and oxygen atoms in total. The van der Waals surface area contributed by atoms with Gasteiger partial charge < -0.3 is 10.1 Å². The zero-order chi connectivity index (χ0) is 12.7. The van der Waals surface area contributed by atoms with Crippen molar-refractivity contribution in [1.82, 2.24) is 5.32 Å². The molecular weight excluding hydrogens is 224 g/mol. The molecule has 17 heavy (non-hydrogen) atoms. The maximum Gasteiger partial charge on any atom is 0.126 e. The first-order chi connectivity index (χ1) is 8.13. The minimum absolute atomic E-state index is 0.0530. The van der Waals surface area contributed by atoms with Gasteiger partial charge in [0.25, 0.3) is 0 Å². The number of ether oxygens (including phenoxy) is 1. The molecular formula is C13H19F2NO. The van der Waals surface area contributed by atoms with Gasteiger partial charge in [0.15, 0.2) is 0 Å². The average molecular weight is 243 g/mol. The summed E-state index contributed by atoms with van der Waals surface area (Å²) in [6.45, 7) is 3.44. The lowest BCUT2D eigenvalue weighted by Crippen LogP contribution is -2.20. The van der Waals surface area contributed by atoms with Crippen molar-refractivity contribution in [3.63, 3.8) is 0 Å². The van der Waals surface area contributed by atoms with Gasteiger partial charge in [-0.15, -0.1) is 0 Å². The Hall–Kier alpha value is -1.00. The van der Waals surface area contributed by atoms with E-state index in [2.05, 4.69) is 5.32 Å². The Kier molecular flexibility index (Phi) is 6.08. The van der Waals surface area contributed by atoms with Crippen molar-refractivity contribution in [2.45, 2.75) is 25.8 Å². The molecule has 1 rings (SSSR count). The molecule has 0 aliphatic rings. The molecule has 0 bridgehead atoms. The maximum absolute atomic E-state index is 13.0. The van der Waals surface area contributed by atoms with Gasteiger partial charge in [0, 0.05) is 25.8 Å². The highest BCUT2D eigenvalue weighted by atomic mass is 19.1. The van der Waals surface area contributed by atoms with E-state index >= 15 is 0 Å². The first-order valence-corrected chi connectivity index (χ1v) is 5.82. The third kappa shape index (κ3) is 5.24. The summed E-state index contributed by atoms with van der Waals surface area (Å²) in [6.07, 6.45) is 1.96. The van der Waals surface area contributed by atoms with Crippen LogP contribution in [-0.2, 0) is 4.74 Å². The summed E-state index contributed by atoms with van der Waals surface area (Å²) in [4.78, 5) is 0. The lowest BCUT2D eigenvalue weighted by molar-refractivity contribution is 0.192. The molecule has 0 saturated heterocycles. The zero-order valence-electron chi connectivity index (χ0n) is 10.3. The van der Waals surface area contributed by atoms with Gasteiger partial charge in [0.1, 0.15) is 11.6 Å². The minimum atomic E-state index is -0.534. The Morgan fingerprint density at radius 2 is 1.82 bits per heavy atom. The highest BCUT2D eigenvalue weighted by Gasteiger charge is 2.07. The van der Waals surface area contributed by atoms with Crippen LogP contribution in [0.2, 0.25) is 0 Å². The van der Waals surface area contributed by atoms with Gasteiger partial charge in [-0.3, -0.25) is 0 Å². The van der Waals surface area contributed by atoms with Crippen molar-refractivity contribution in [3.05, 3.63) is 35.4 Å². The Labute approximate surface area is 101 Å². The largest absolute Gasteiger partial charge is 0.385 e. The van der Waals surface area contributed by atoms with Crippen LogP contribution in [0.1, 0.15) is 31.4 Å². The van der Waals surface area contributed by atoms with Crippen molar-refractivity contribution >= 4 is 0 Å². The lowest BCUT2D eigenvalue weighted by atomic mass is 10.1. The molecule has 1 N–H and O–H groups in total. The first kappa shape index (κ1) is 14.1.